The molecule has 136 valence electrons. The molecule has 0 saturated carbocycles. The van der Waals surface area contributed by atoms with Crippen molar-refractivity contribution in [3.05, 3.63) is 59.7 Å². The Balaban J connectivity index is 1.76. The summed E-state index contributed by atoms with van der Waals surface area (Å²) in [5.74, 6) is -1.45. The molecule has 26 heavy (non-hydrogen) atoms. The van der Waals surface area contributed by atoms with E-state index in [1.54, 1.807) is 0 Å². The van der Waals surface area contributed by atoms with Crippen LogP contribution in [0, 0.1) is 0 Å². The number of hydrogen-bond donors (Lipinski definition) is 3. The lowest BCUT2D eigenvalue weighted by atomic mass is 9.96. The first kappa shape index (κ1) is 17.9. The maximum atomic E-state index is 12.1. The van der Waals surface area contributed by atoms with Crippen molar-refractivity contribution < 1.29 is 24.5 Å². The Labute approximate surface area is 151 Å². The van der Waals surface area contributed by atoms with Crippen LogP contribution < -0.4 is 5.32 Å². The van der Waals surface area contributed by atoms with E-state index in [1.165, 1.54) is 13.8 Å². The summed E-state index contributed by atoms with van der Waals surface area (Å²) in [6, 6.07) is 15.9. The average Bonchev–Trinajstić information content (AvgIpc) is 2.93. The van der Waals surface area contributed by atoms with Crippen molar-refractivity contribution in [3.8, 4) is 11.1 Å². The fraction of sp³-hybridized carbons (Fsp3) is 0.300. The monoisotopic (exact) mass is 355 g/mol. The SMILES string of the molecule is C[C@H](O)[C@@](C)(NC(=O)OCC1c2ccccc2-c2ccccc21)C(=O)O. The highest BCUT2D eigenvalue weighted by atomic mass is 16.5. The Kier molecular flexibility index (Phi) is 4.70. The second-order valence-electron chi connectivity index (χ2n) is 6.63. The molecular formula is C20H21NO5. The first-order valence-electron chi connectivity index (χ1n) is 8.39. The fourth-order valence-corrected chi connectivity index (χ4v) is 3.18. The van der Waals surface area contributed by atoms with Crippen LogP contribution in [-0.4, -0.2) is 40.5 Å². The van der Waals surface area contributed by atoms with Crippen LogP contribution in [0.3, 0.4) is 0 Å². The Hall–Kier alpha value is -2.86. The number of amides is 1. The van der Waals surface area contributed by atoms with Gasteiger partial charge < -0.3 is 20.3 Å². The van der Waals surface area contributed by atoms with Gasteiger partial charge in [-0.1, -0.05) is 48.5 Å². The summed E-state index contributed by atoms with van der Waals surface area (Å²) in [5.41, 5.74) is 2.53. The molecule has 2 aromatic carbocycles. The summed E-state index contributed by atoms with van der Waals surface area (Å²) in [4.78, 5) is 23.5. The third-order valence-electron chi connectivity index (χ3n) is 4.99. The lowest BCUT2D eigenvalue weighted by molar-refractivity contribution is -0.148. The molecule has 0 unspecified atom stereocenters. The number of aliphatic hydroxyl groups excluding tert-OH is 1. The Morgan fingerprint density at radius 3 is 2.08 bits per heavy atom. The number of ether oxygens (including phenoxy) is 1. The quantitative estimate of drug-likeness (QED) is 0.766. The minimum absolute atomic E-state index is 0.0787. The molecule has 1 amide bonds. The predicted octanol–water partition coefficient (Wildman–Crippen LogP) is 2.75. The zero-order valence-electron chi connectivity index (χ0n) is 14.6. The summed E-state index contributed by atoms with van der Waals surface area (Å²) in [6.07, 6.45) is -2.15. The second kappa shape index (κ2) is 6.80. The molecule has 0 radical (unpaired) electrons. The van der Waals surface area contributed by atoms with Gasteiger partial charge in [-0.05, 0) is 36.1 Å². The van der Waals surface area contributed by atoms with Crippen molar-refractivity contribution in [1.82, 2.24) is 5.32 Å². The topological polar surface area (TPSA) is 95.9 Å². The summed E-state index contributed by atoms with van der Waals surface area (Å²) < 4.78 is 5.31. The van der Waals surface area contributed by atoms with Gasteiger partial charge in [0.05, 0.1) is 6.10 Å². The second-order valence-corrected chi connectivity index (χ2v) is 6.63. The van der Waals surface area contributed by atoms with E-state index in [4.69, 9.17) is 4.74 Å². The number of benzene rings is 2. The van der Waals surface area contributed by atoms with Crippen molar-refractivity contribution in [2.45, 2.75) is 31.4 Å². The standard InChI is InChI=1S/C20H21NO5/c1-12(22)20(2,18(23)24)21-19(25)26-11-17-15-9-5-3-7-13(15)14-8-4-6-10-16(14)17/h3-10,12,17,22H,11H2,1-2H3,(H,21,25)(H,23,24)/t12-,20+/m0/s1. The molecule has 0 aliphatic heterocycles. The third-order valence-corrected chi connectivity index (χ3v) is 4.99. The molecule has 0 bridgehead atoms. The minimum Gasteiger partial charge on any atom is -0.479 e. The third kappa shape index (κ3) is 3.04. The zero-order valence-corrected chi connectivity index (χ0v) is 14.6. The molecule has 0 heterocycles. The van der Waals surface area contributed by atoms with Gasteiger partial charge in [0, 0.05) is 5.92 Å². The highest BCUT2D eigenvalue weighted by Gasteiger charge is 2.40. The predicted molar refractivity (Wildman–Crippen MR) is 95.9 cm³/mol. The summed E-state index contributed by atoms with van der Waals surface area (Å²) in [7, 11) is 0. The molecule has 3 N–H and O–H groups in total. The van der Waals surface area contributed by atoms with Gasteiger partial charge in [0.1, 0.15) is 6.61 Å². The van der Waals surface area contributed by atoms with Crippen LogP contribution in [-0.2, 0) is 9.53 Å². The molecule has 6 nitrogen and oxygen atoms in total. The summed E-state index contributed by atoms with van der Waals surface area (Å²) in [5, 5.41) is 21.2. The molecule has 2 atom stereocenters. The van der Waals surface area contributed by atoms with Gasteiger partial charge in [-0.2, -0.15) is 0 Å². The molecule has 1 aliphatic carbocycles. The largest absolute Gasteiger partial charge is 0.479 e. The smallest absolute Gasteiger partial charge is 0.408 e. The van der Waals surface area contributed by atoms with Crippen LogP contribution in [0.4, 0.5) is 4.79 Å². The first-order valence-corrected chi connectivity index (χ1v) is 8.39. The lowest BCUT2D eigenvalue weighted by Crippen LogP contribution is -2.59. The highest BCUT2D eigenvalue weighted by Crippen LogP contribution is 2.44. The van der Waals surface area contributed by atoms with E-state index in [2.05, 4.69) is 5.32 Å². The number of carboxylic acid groups (broad SMARTS) is 1. The molecule has 2 aromatic rings. The molecule has 0 spiro atoms. The number of alkyl carbamates (subject to hydrolysis) is 1. The van der Waals surface area contributed by atoms with E-state index in [-0.39, 0.29) is 12.5 Å². The van der Waals surface area contributed by atoms with Crippen LogP contribution in [0.1, 0.15) is 30.9 Å². The first-order chi connectivity index (χ1) is 12.3. The van der Waals surface area contributed by atoms with E-state index < -0.39 is 23.7 Å². The van der Waals surface area contributed by atoms with Crippen LogP contribution in [0.2, 0.25) is 0 Å². The van der Waals surface area contributed by atoms with Gasteiger partial charge >= 0.3 is 12.1 Å². The highest BCUT2D eigenvalue weighted by molar-refractivity contribution is 5.84. The number of carbonyl (C=O) groups excluding carboxylic acids is 1. The van der Waals surface area contributed by atoms with Crippen molar-refractivity contribution in [1.29, 1.82) is 0 Å². The van der Waals surface area contributed by atoms with E-state index >= 15 is 0 Å². The van der Waals surface area contributed by atoms with Gasteiger partial charge in [-0.15, -0.1) is 0 Å². The van der Waals surface area contributed by atoms with Crippen molar-refractivity contribution in [3.63, 3.8) is 0 Å². The van der Waals surface area contributed by atoms with Gasteiger partial charge in [0.25, 0.3) is 0 Å². The van der Waals surface area contributed by atoms with Crippen LogP contribution in [0.15, 0.2) is 48.5 Å². The van der Waals surface area contributed by atoms with Crippen molar-refractivity contribution in [2.24, 2.45) is 0 Å². The number of nitrogens with one attached hydrogen (secondary N) is 1. The van der Waals surface area contributed by atoms with Crippen LogP contribution in [0.5, 0.6) is 0 Å². The van der Waals surface area contributed by atoms with Gasteiger partial charge in [-0.3, -0.25) is 0 Å². The van der Waals surface area contributed by atoms with Crippen LogP contribution >= 0.6 is 0 Å². The average molecular weight is 355 g/mol. The van der Waals surface area contributed by atoms with Gasteiger partial charge in [0.2, 0.25) is 0 Å². The maximum absolute atomic E-state index is 12.1. The zero-order chi connectivity index (χ0) is 18.9. The summed E-state index contributed by atoms with van der Waals surface area (Å²) in [6.45, 7) is 2.62. The summed E-state index contributed by atoms with van der Waals surface area (Å²) >= 11 is 0. The molecule has 0 saturated heterocycles. The molecule has 3 rings (SSSR count). The fourth-order valence-electron chi connectivity index (χ4n) is 3.18. The molecule has 1 aliphatic rings. The van der Waals surface area contributed by atoms with E-state index in [0.29, 0.717) is 0 Å². The van der Waals surface area contributed by atoms with E-state index in [0.717, 1.165) is 22.3 Å². The number of hydrogen-bond acceptors (Lipinski definition) is 4. The van der Waals surface area contributed by atoms with Gasteiger partial charge in [0.15, 0.2) is 5.54 Å². The van der Waals surface area contributed by atoms with Gasteiger partial charge in [-0.25, -0.2) is 9.59 Å². The van der Waals surface area contributed by atoms with E-state index in [9.17, 15) is 19.8 Å². The minimum atomic E-state index is -1.82. The molecule has 0 fully saturated rings. The van der Waals surface area contributed by atoms with E-state index in [1.807, 2.05) is 48.5 Å². The Morgan fingerprint density at radius 2 is 1.62 bits per heavy atom. The number of fused-ring (bicyclic) bond motifs is 3. The molecule has 0 aromatic heterocycles. The number of carbonyl (C=O) groups is 2. The Bertz CT molecular complexity index is 802. The van der Waals surface area contributed by atoms with Crippen molar-refractivity contribution in [2.75, 3.05) is 6.61 Å². The maximum Gasteiger partial charge on any atom is 0.408 e. The molecular weight excluding hydrogens is 334 g/mol. The lowest BCUT2D eigenvalue weighted by Gasteiger charge is -2.28. The number of aliphatic hydroxyl groups is 1. The number of aliphatic carboxylic acids is 1. The Morgan fingerprint density at radius 1 is 1.12 bits per heavy atom. The van der Waals surface area contributed by atoms with Crippen molar-refractivity contribution >= 4 is 12.1 Å². The molecule has 6 heteroatoms. The normalized spacial score (nSPS) is 16.1. The van der Waals surface area contributed by atoms with Crippen LogP contribution in [0.25, 0.3) is 11.1 Å². The number of carboxylic acids is 1. The number of rotatable bonds is 5.